The smallest absolute Gasteiger partial charge is 0.268 e. The van der Waals surface area contributed by atoms with Gasteiger partial charge in [-0.2, -0.15) is 0 Å². The largest absolute Gasteiger partial charge is 0.493 e. The molecule has 0 aliphatic carbocycles. The molecule has 2 heterocycles. The van der Waals surface area contributed by atoms with Crippen molar-refractivity contribution in [1.29, 1.82) is 0 Å². The van der Waals surface area contributed by atoms with E-state index in [0.29, 0.717) is 44.2 Å². The number of fused-ring (bicyclic) bond motifs is 1. The van der Waals surface area contributed by atoms with E-state index in [4.69, 9.17) is 9.47 Å². The number of aromatic nitrogens is 2. The minimum absolute atomic E-state index is 0.174. The molecule has 0 unspecified atom stereocenters. The molecule has 142 valence electrons. The molecule has 7 nitrogen and oxygen atoms in total. The van der Waals surface area contributed by atoms with E-state index < -0.39 is 0 Å². The van der Waals surface area contributed by atoms with Crippen LogP contribution in [0.5, 0.6) is 11.5 Å². The fourth-order valence-corrected chi connectivity index (χ4v) is 3.92. The van der Waals surface area contributed by atoms with E-state index in [9.17, 15) is 9.59 Å². The molecule has 27 heavy (non-hydrogen) atoms. The van der Waals surface area contributed by atoms with Crippen molar-refractivity contribution in [3.63, 3.8) is 0 Å². The lowest BCUT2D eigenvalue weighted by molar-refractivity contribution is 0.0781. The SMILES string of the molecule is CCOc1c(Br)cc(C(=O)N(C)Cc2nc3ccsc3c(=O)[nH]2)cc1OC. The van der Waals surface area contributed by atoms with Gasteiger partial charge in [0.1, 0.15) is 10.5 Å². The second kappa shape index (κ2) is 8.10. The number of methoxy groups -OCH3 is 1. The molecule has 0 saturated heterocycles. The van der Waals surface area contributed by atoms with E-state index in [0.717, 1.165) is 0 Å². The van der Waals surface area contributed by atoms with E-state index in [-0.39, 0.29) is 18.0 Å². The Morgan fingerprint density at radius 1 is 1.41 bits per heavy atom. The molecule has 0 radical (unpaired) electrons. The third kappa shape index (κ3) is 3.98. The van der Waals surface area contributed by atoms with Crippen LogP contribution in [-0.2, 0) is 6.54 Å². The molecule has 0 atom stereocenters. The minimum Gasteiger partial charge on any atom is -0.493 e. The molecule has 1 N–H and O–H groups in total. The average molecular weight is 452 g/mol. The van der Waals surface area contributed by atoms with E-state index in [1.165, 1.54) is 23.3 Å². The summed E-state index contributed by atoms with van der Waals surface area (Å²) >= 11 is 4.76. The van der Waals surface area contributed by atoms with Crippen LogP contribution in [0.25, 0.3) is 10.2 Å². The fraction of sp³-hybridized carbons (Fsp3) is 0.278. The Balaban J connectivity index is 1.86. The first kappa shape index (κ1) is 19.4. The summed E-state index contributed by atoms with van der Waals surface area (Å²) in [6, 6.07) is 5.10. The molecule has 1 aromatic carbocycles. The van der Waals surface area contributed by atoms with Gasteiger partial charge in [0.2, 0.25) is 0 Å². The lowest BCUT2D eigenvalue weighted by atomic mass is 10.1. The number of thiophene rings is 1. The van der Waals surface area contributed by atoms with E-state index in [1.54, 1.807) is 25.2 Å². The maximum Gasteiger partial charge on any atom is 0.268 e. The molecule has 1 amide bonds. The minimum atomic E-state index is -0.231. The lowest BCUT2D eigenvalue weighted by Crippen LogP contribution is -2.28. The summed E-state index contributed by atoms with van der Waals surface area (Å²) in [5.74, 6) is 1.21. The zero-order chi connectivity index (χ0) is 19.6. The van der Waals surface area contributed by atoms with Crippen LogP contribution in [0.4, 0.5) is 0 Å². The Labute approximate surface area is 168 Å². The predicted molar refractivity (Wildman–Crippen MR) is 108 cm³/mol. The van der Waals surface area contributed by atoms with E-state index in [2.05, 4.69) is 25.9 Å². The number of rotatable bonds is 6. The third-order valence-corrected chi connectivity index (χ3v) is 5.35. The summed E-state index contributed by atoms with van der Waals surface area (Å²) in [4.78, 5) is 33.5. The highest BCUT2D eigenvalue weighted by Crippen LogP contribution is 2.37. The molecule has 3 aromatic rings. The highest BCUT2D eigenvalue weighted by Gasteiger charge is 2.19. The van der Waals surface area contributed by atoms with Crippen LogP contribution < -0.4 is 15.0 Å². The molecular weight excluding hydrogens is 434 g/mol. The van der Waals surface area contributed by atoms with Gasteiger partial charge in [-0.25, -0.2) is 4.98 Å². The molecule has 0 bridgehead atoms. The van der Waals surface area contributed by atoms with Crippen LogP contribution in [0.1, 0.15) is 23.1 Å². The summed E-state index contributed by atoms with van der Waals surface area (Å²) in [5, 5.41) is 1.81. The van der Waals surface area contributed by atoms with Gasteiger partial charge in [-0.1, -0.05) is 0 Å². The van der Waals surface area contributed by atoms with Crippen molar-refractivity contribution >= 4 is 43.4 Å². The van der Waals surface area contributed by atoms with Gasteiger partial charge in [-0.3, -0.25) is 9.59 Å². The van der Waals surface area contributed by atoms with Crippen LogP contribution in [0.3, 0.4) is 0 Å². The summed E-state index contributed by atoms with van der Waals surface area (Å²) in [5.41, 5.74) is 0.866. The van der Waals surface area contributed by atoms with Crippen LogP contribution in [0, 0.1) is 0 Å². The normalized spacial score (nSPS) is 10.8. The molecule has 0 aliphatic heterocycles. The summed E-state index contributed by atoms with van der Waals surface area (Å²) < 4.78 is 12.1. The number of ether oxygens (including phenoxy) is 2. The number of nitrogens with zero attached hydrogens (tertiary/aromatic N) is 2. The van der Waals surface area contributed by atoms with Gasteiger partial charge in [0.15, 0.2) is 11.5 Å². The second-order valence-electron chi connectivity index (χ2n) is 5.73. The number of halogens is 1. The van der Waals surface area contributed by atoms with Crippen molar-refractivity contribution in [2.24, 2.45) is 0 Å². The zero-order valence-electron chi connectivity index (χ0n) is 15.0. The average Bonchev–Trinajstić information content (AvgIpc) is 3.11. The Bertz CT molecular complexity index is 1050. The van der Waals surface area contributed by atoms with Gasteiger partial charge >= 0.3 is 0 Å². The monoisotopic (exact) mass is 451 g/mol. The van der Waals surface area contributed by atoms with Gasteiger partial charge < -0.3 is 19.4 Å². The van der Waals surface area contributed by atoms with E-state index >= 15 is 0 Å². The summed E-state index contributed by atoms with van der Waals surface area (Å²) in [6.45, 7) is 2.52. The predicted octanol–water partition coefficient (Wildman–Crippen LogP) is 3.43. The van der Waals surface area contributed by atoms with Gasteiger partial charge in [0.05, 0.1) is 30.3 Å². The molecule has 0 fully saturated rings. The number of nitrogens with one attached hydrogen (secondary N) is 1. The van der Waals surface area contributed by atoms with Crippen LogP contribution in [0.15, 0.2) is 32.8 Å². The zero-order valence-corrected chi connectivity index (χ0v) is 17.4. The number of hydrogen-bond donors (Lipinski definition) is 1. The van der Waals surface area contributed by atoms with Crippen molar-refractivity contribution in [1.82, 2.24) is 14.9 Å². The fourth-order valence-electron chi connectivity index (χ4n) is 2.64. The Morgan fingerprint density at radius 3 is 2.89 bits per heavy atom. The van der Waals surface area contributed by atoms with Crippen LogP contribution in [-0.4, -0.2) is 41.5 Å². The summed E-state index contributed by atoms with van der Waals surface area (Å²) in [6.07, 6.45) is 0. The first-order valence-electron chi connectivity index (χ1n) is 8.16. The number of carbonyl (C=O) groups excluding carboxylic acids is 1. The van der Waals surface area contributed by atoms with Crippen molar-refractivity contribution in [2.75, 3.05) is 20.8 Å². The Hall–Kier alpha value is -2.39. The van der Waals surface area contributed by atoms with E-state index in [1.807, 2.05) is 12.3 Å². The lowest BCUT2D eigenvalue weighted by Gasteiger charge is -2.18. The number of H-pyrrole nitrogens is 1. The number of aromatic amines is 1. The molecule has 0 aliphatic rings. The molecule has 0 spiro atoms. The van der Waals surface area contributed by atoms with Crippen molar-refractivity contribution in [2.45, 2.75) is 13.5 Å². The van der Waals surface area contributed by atoms with Crippen molar-refractivity contribution < 1.29 is 14.3 Å². The standard InChI is InChI=1S/C18H18BrN3O4S/c1-4-26-15-11(19)7-10(8-13(15)25-3)18(24)22(2)9-14-20-12-5-6-27-16(12)17(23)21-14/h5-8H,4,9H2,1-3H3,(H,20,21,23). The van der Waals surface area contributed by atoms with Gasteiger partial charge in [0.25, 0.3) is 11.5 Å². The van der Waals surface area contributed by atoms with Crippen LogP contribution in [0.2, 0.25) is 0 Å². The molecule has 0 saturated carbocycles. The maximum absolute atomic E-state index is 12.8. The molecule has 9 heteroatoms. The number of amides is 1. The number of hydrogen-bond acceptors (Lipinski definition) is 6. The third-order valence-electron chi connectivity index (χ3n) is 3.86. The van der Waals surface area contributed by atoms with Crippen molar-refractivity contribution in [3.8, 4) is 11.5 Å². The maximum atomic E-state index is 12.8. The van der Waals surface area contributed by atoms with Gasteiger partial charge in [-0.15, -0.1) is 11.3 Å². The topological polar surface area (TPSA) is 84.5 Å². The van der Waals surface area contributed by atoms with Crippen molar-refractivity contribution in [3.05, 3.63) is 49.8 Å². The van der Waals surface area contributed by atoms with Crippen LogP contribution >= 0.6 is 27.3 Å². The second-order valence-corrected chi connectivity index (χ2v) is 7.50. The van der Waals surface area contributed by atoms with Gasteiger partial charge in [0, 0.05) is 12.6 Å². The number of benzene rings is 1. The molecule has 3 rings (SSSR count). The Morgan fingerprint density at radius 2 is 2.19 bits per heavy atom. The first-order valence-corrected chi connectivity index (χ1v) is 9.84. The summed E-state index contributed by atoms with van der Waals surface area (Å²) in [7, 11) is 3.17. The highest BCUT2D eigenvalue weighted by atomic mass is 79.9. The highest BCUT2D eigenvalue weighted by molar-refractivity contribution is 9.10. The molecular formula is C18H18BrN3O4S. The van der Waals surface area contributed by atoms with Gasteiger partial charge in [-0.05, 0) is 46.4 Å². The molecule has 2 aromatic heterocycles. The first-order chi connectivity index (χ1) is 12.9. The quantitative estimate of drug-likeness (QED) is 0.620. The Kier molecular flexibility index (Phi) is 5.81. The number of carbonyl (C=O) groups is 1.